The summed E-state index contributed by atoms with van der Waals surface area (Å²) in [5.74, 6) is -1.15. The summed E-state index contributed by atoms with van der Waals surface area (Å²) in [4.78, 5) is 22.2. The minimum absolute atomic E-state index is 0.0647. The van der Waals surface area contributed by atoms with Gasteiger partial charge >= 0.3 is 11.9 Å². The molecule has 1 rings (SSSR count). The molecule has 0 aliphatic carbocycles. The van der Waals surface area contributed by atoms with Gasteiger partial charge in [-0.2, -0.15) is 0 Å². The van der Waals surface area contributed by atoms with Gasteiger partial charge < -0.3 is 14.6 Å². The standard InChI is InChI=1S/C13H14O5/c1-3-18-12(14)7-5-9-4-6-10(17-2)8-11(9)13(15)16/h4-8H,3H2,1-2H3,(H,15,16). The molecule has 0 bridgehead atoms. The van der Waals surface area contributed by atoms with Crippen LogP contribution >= 0.6 is 0 Å². The Morgan fingerprint density at radius 2 is 2.11 bits per heavy atom. The van der Waals surface area contributed by atoms with Crippen molar-refractivity contribution in [2.45, 2.75) is 6.92 Å². The number of carbonyl (C=O) groups is 2. The molecule has 0 unspecified atom stereocenters. The summed E-state index contributed by atoms with van der Waals surface area (Å²) in [6, 6.07) is 4.59. The van der Waals surface area contributed by atoms with Gasteiger partial charge in [-0.15, -0.1) is 0 Å². The van der Waals surface area contributed by atoms with Crippen LogP contribution in [0.3, 0.4) is 0 Å². The number of carboxylic acids is 1. The van der Waals surface area contributed by atoms with E-state index in [1.807, 2.05) is 0 Å². The number of carbonyl (C=O) groups excluding carboxylic acids is 1. The van der Waals surface area contributed by atoms with Crippen molar-refractivity contribution < 1.29 is 24.2 Å². The smallest absolute Gasteiger partial charge is 0.336 e. The first-order chi connectivity index (χ1) is 8.58. The molecular formula is C13H14O5. The highest BCUT2D eigenvalue weighted by molar-refractivity contribution is 5.95. The molecule has 0 amide bonds. The highest BCUT2D eigenvalue weighted by Crippen LogP contribution is 2.19. The Balaban J connectivity index is 3.01. The van der Waals surface area contributed by atoms with Gasteiger partial charge in [-0.1, -0.05) is 6.07 Å². The van der Waals surface area contributed by atoms with Crippen LogP contribution in [0.2, 0.25) is 0 Å². The summed E-state index contributed by atoms with van der Waals surface area (Å²) in [6.45, 7) is 1.97. The number of hydrogen-bond acceptors (Lipinski definition) is 4. The fourth-order valence-electron chi connectivity index (χ4n) is 1.34. The molecule has 1 aromatic rings. The maximum absolute atomic E-state index is 11.1. The largest absolute Gasteiger partial charge is 0.497 e. The fraction of sp³-hybridized carbons (Fsp3) is 0.231. The number of hydrogen-bond donors (Lipinski definition) is 1. The molecule has 0 aliphatic heterocycles. The zero-order valence-corrected chi connectivity index (χ0v) is 10.2. The highest BCUT2D eigenvalue weighted by Gasteiger charge is 2.09. The Hall–Kier alpha value is -2.30. The van der Waals surface area contributed by atoms with Crippen molar-refractivity contribution in [3.05, 3.63) is 35.4 Å². The molecular weight excluding hydrogens is 236 g/mol. The van der Waals surface area contributed by atoms with Crippen LogP contribution in [0.25, 0.3) is 6.08 Å². The molecule has 0 aromatic heterocycles. The maximum atomic E-state index is 11.1. The van der Waals surface area contributed by atoms with Crippen LogP contribution in [0, 0.1) is 0 Å². The van der Waals surface area contributed by atoms with Crippen LogP contribution in [-0.2, 0) is 9.53 Å². The van der Waals surface area contributed by atoms with E-state index in [1.54, 1.807) is 19.1 Å². The molecule has 5 nitrogen and oxygen atoms in total. The zero-order chi connectivity index (χ0) is 13.5. The molecule has 0 saturated carbocycles. The SMILES string of the molecule is CCOC(=O)C=Cc1ccc(OC)cc1C(=O)O. The van der Waals surface area contributed by atoms with Gasteiger partial charge in [0.25, 0.3) is 0 Å². The van der Waals surface area contributed by atoms with Crippen molar-refractivity contribution >= 4 is 18.0 Å². The van der Waals surface area contributed by atoms with E-state index in [9.17, 15) is 9.59 Å². The number of esters is 1. The van der Waals surface area contributed by atoms with Crippen molar-refractivity contribution in [1.29, 1.82) is 0 Å². The van der Waals surface area contributed by atoms with E-state index in [0.29, 0.717) is 11.3 Å². The molecule has 0 aliphatic rings. The third kappa shape index (κ3) is 3.62. The Kier molecular flexibility index (Phi) is 4.92. The lowest BCUT2D eigenvalue weighted by molar-refractivity contribution is -0.137. The van der Waals surface area contributed by atoms with Crippen LogP contribution in [0.5, 0.6) is 5.75 Å². The van der Waals surface area contributed by atoms with Gasteiger partial charge in [-0.05, 0) is 30.7 Å². The van der Waals surface area contributed by atoms with E-state index in [2.05, 4.69) is 0 Å². The van der Waals surface area contributed by atoms with Crippen molar-refractivity contribution in [3.8, 4) is 5.75 Å². The van der Waals surface area contributed by atoms with E-state index >= 15 is 0 Å². The minimum Gasteiger partial charge on any atom is -0.497 e. The molecule has 5 heteroatoms. The summed E-state index contributed by atoms with van der Waals surface area (Å²) in [5, 5.41) is 9.05. The second kappa shape index (κ2) is 6.44. The maximum Gasteiger partial charge on any atom is 0.336 e. The predicted molar refractivity (Wildman–Crippen MR) is 65.6 cm³/mol. The average molecular weight is 250 g/mol. The van der Waals surface area contributed by atoms with Crippen LogP contribution in [0.15, 0.2) is 24.3 Å². The lowest BCUT2D eigenvalue weighted by Crippen LogP contribution is -2.02. The van der Waals surface area contributed by atoms with E-state index in [4.69, 9.17) is 14.6 Å². The molecule has 0 radical (unpaired) electrons. The number of benzene rings is 1. The number of aromatic carboxylic acids is 1. The third-order valence-corrected chi connectivity index (χ3v) is 2.18. The van der Waals surface area contributed by atoms with Crippen LogP contribution in [-0.4, -0.2) is 30.8 Å². The number of methoxy groups -OCH3 is 1. The van der Waals surface area contributed by atoms with Gasteiger partial charge in [0.15, 0.2) is 0 Å². The molecule has 0 spiro atoms. The van der Waals surface area contributed by atoms with Gasteiger partial charge in [0.1, 0.15) is 5.75 Å². The van der Waals surface area contributed by atoms with Crippen LogP contribution in [0.1, 0.15) is 22.8 Å². The fourth-order valence-corrected chi connectivity index (χ4v) is 1.34. The normalized spacial score (nSPS) is 10.3. The zero-order valence-electron chi connectivity index (χ0n) is 10.2. The van der Waals surface area contributed by atoms with Crippen LogP contribution in [0.4, 0.5) is 0 Å². The first-order valence-corrected chi connectivity index (χ1v) is 5.34. The predicted octanol–water partition coefficient (Wildman–Crippen LogP) is 1.97. The van der Waals surface area contributed by atoms with Gasteiger partial charge in [0.2, 0.25) is 0 Å². The van der Waals surface area contributed by atoms with E-state index in [0.717, 1.165) is 0 Å². The molecule has 0 saturated heterocycles. The monoisotopic (exact) mass is 250 g/mol. The van der Waals surface area contributed by atoms with Crippen molar-refractivity contribution in [1.82, 2.24) is 0 Å². The lowest BCUT2D eigenvalue weighted by Gasteiger charge is -2.04. The second-order valence-electron chi connectivity index (χ2n) is 3.34. The molecule has 1 N–H and O–H groups in total. The summed E-state index contributed by atoms with van der Waals surface area (Å²) in [6.07, 6.45) is 2.60. The molecule has 1 aromatic carbocycles. The Labute approximate surface area is 105 Å². The van der Waals surface area contributed by atoms with Gasteiger partial charge in [0.05, 0.1) is 19.3 Å². The van der Waals surface area contributed by atoms with E-state index in [-0.39, 0.29) is 12.2 Å². The Morgan fingerprint density at radius 3 is 2.67 bits per heavy atom. The number of rotatable bonds is 5. The first kappa shape index (κ1) is 13.8. The molecule has 0 heterocycles. The summed E-state index contributed by atoms with van der Waals surface area (Å²) < 4.78 is 9.66. The number of ether oxygens (including phenoxy) is 2. The van der Waals surface area contributed by atoms with E-state index < -0.39 is 11.9 Å². The molecule has 18 heavy (non-hydrogen) atoms. The molecule has 0 fully saturated rings. The van der Waals surface area contributed by atoms with E-state index in [1.165, 1.54) is 25.3 Å². The molecule has 96 valence electrons. The summed E-state index contributed by atoms with van der Waals surface area (Å²) >= 11 is 0. The van der Waals surface area contributed by atoms with Crippen molar-refractivity contribution in [3.63, 3.8) is 0 Å². The minimum atomic E-state index is -1.09. The quantitative estimate of drug-likeness (QED) is 0.639. The highest BCUT2D eigenvalue weighted by atomic mass is 16.5. The van der Waals surface area contributed by atoms with Gasteiger partial charge in [0, 0.05) is 6.08 Å². The average Bonchev–Trinajstić information content (AvgIpc) is 2.36. The van der Waals surface area contributed by atoms with Crippen molar-refractivity contribution in [2.24, 2.45) is 0 Å². The topological polar surface area (TPSA) is 72.8 Å². The lowest BCUT2D eigenvalue weighted by atomic mass is 10.1. The number of carboxylic acid groups (broad SMARTS) is 1. The summed E-state index contributed by atoms with van der Waals surface area (Å²) in [7, 11) is 1.45. The van der Waals surface area contributed by atoms with Crippen molar-refractivity contribution in [2.75, 3.05) is 13.7 Å². The van der Waals surface area contributed by atoms with Crippen LogP contribution < -0.4 is 4.74 Å². The Bertz CT molecular complexity index is 476. The van der Waals surface area contributed by atoms with Gasteiger partial charge in [-0.3, -0.25) is 0 Å². The first-order valence-electron chi connectivity index (χ1n) is 5.34. The Morgan fingerprint density at radius 1 is 1.39 bits per heavy atom. The summed E-state index contributed by atoms with van der Waals surface area (Å²) in [5.41, 5.74) is 0.478. The molecule has 0 atom stereocenters. The third-order valence-electron chi connectivity index (χ3n) is 2.18. The second-order valence-corrected chi connectivity index (χ2v) is 3.34. The van der Waals surface area contributed by atoms with Gasteiger partial charge in [-0.25, -0.2) is 9.59 Å².